The number of hydrogen-bond acceptors (Lipinski definition) is 3. The molecule has 4 nitrogen and oxygen atoms in total. The zero-order valence-corrected chi connectivity index (χ0v) is 13.1. The van der Waals surface area contributed by atoms with Crippen LogP contribution in [0.4, 0.5) is 4.39 Å². The molecule has 0 spiro atoms. The van der Waals surface area contributed by atoms with Crippen molar-refractivity contribution >= 4 is 5.91 Å². The van der Waals surface area contributed by atoms with Crippen molar-refractivity contribution in [3.63, 3.8) is 0 Å². The van der Waals surface area contributed by atoms with E-state index in [0.29, 0.717) is 13.1 Å². The summed E-state index contributed by atoms with van der Waals surface area (Å²) < 4.78 is 13.3. The van der Waals surface area contributed by atoms with Crippen molar-refractivity contribution in [2.24, 2.45) is 0 Å². The molecule has 1 aliphatic heterocycles. The summed E-state index contributed by atoms with van der Waals surface area (Å²) in [4.78, 5) is 18.3. The number of pyridine rings is 1. The second-order valence-electron chi connectivity index (χ2n) is 5.88. The van der Waals surface area contributed by atoms with Crippen molar-refractivity contribution in [2.45, 2.75) is 25.9 Å². The third kappa shape index (κ3) is 3.74. The van der Waals surface area contributed by atoms with E-state index in [-0.39, 0.29) is 17.8 Å². The van der Waals surface area contributed by atoms with Gasteiger partial charge in [-0.05, 0) is 48.2 Å². The molecule has 0 bridgehead atoms. The minimum absolute atomic E-state index is 0.00809. The van der Waals surface area contributed by atoms with Gasteiger partial charge in [-0.3, -0.25) is 14.7 Å². The summed E-state index contributed by atoms with van der Waals surface area (Å²) in [6.07, 6.45) is 4.23. The predicted octanol–water partition coefficient (Wildman–Crippen LogP) is 2.46. The van der Waals surface area contributed by atoms with E-state index in [9.17, 15) is 9.18 Å². The van der Waals surface area contributed by atoms with E-state index in [1.807, 2.05) is 18.2 Å². The summed E-state index contributed by atoms with van der Waals surface area (Å²) in [5, 5.41) is 2.92. The van der Waals surface area contributed by atoms with E-state index < -0.39 is 0 Å². The van der Waals surface area contributed by atoms with Crippen molar-refractivity contribution < 1.29 is 9.18 Å². The van der Waals surface area contributed by atoms with Gasteiger partial charge in [0.2, 0.25) is 5.91 Å². The molecular weight excluding hydrogens is 293 g/mol. The van der Waals surface area contributed by atoms with Crippen LogP contribution in [0.5, 0.6) is 0 Å². The Morgan fingerprint density at radius 3 is 3.09 bits per heavy atom. The van der Waals surface area contributed by atoms with Crippen molar-refractivity contribution in [1.29, 1.82) is 0 Å². The van der Waals surface area contributed by atoms with Crippen LogP contribution in [0, 0.1) is 5.82 Å². The maximum atomic E-state index is 13.3. The number of carbonyl (C=O) groups excluding carboxylic acids is 1. The molecule has 1 aliphatic rings. The Morgan fingerprint density at radius 1 is 1.43 bits per heavy atom. The normalized spacial score (nSPS) is 17.6. The van der Waals surface area contributed by atoms with E-state index >= 15 is 0 Å². The largest absolute Gasteiger partial charge is 0.351 e. The molecule has 1 N–H and O–H groups in total. The van der Waals surface area contributed by atoms with Gasteiger partial charge in [0.15, 0.2) is 0 Å². The first kappa shape index (κ1) is 15.6. The first-order valence-corrected chi connectivity index (χ1v) is 7.81. The van der Waals surface area contributed by atoms with Crippen LogP contribution in [-0.2, 0) is 17.8 Å². The smallest absolute Gasteiger partial charge is 0.234 e. The summed E-state index contributed by atoms with van der Waals surface area (Å²) in [6, 6.07) is 8.82. The predicted molar refractivity (Wildman–Crippen MR) is 86.2 cm³/mol. The van der Waals surface area contributed by atoms with Crippen molar-refractivity contribution in [1.82, 2.24) is 15.2 Å². The van der Waals surface area contributed by atoms with Crippen LogP contribution >= 0.6 is 0 Å². The number of rotatable bonds is 4. The van der Waals surface area contributed by atoms with E-state index in [4.69, 9.17) is 0 Å². The quantitative estimate of drug-likeness (QED) is 0.943. The molecule has 0 saturated heterocycles. The van der Waals surface area contributed by atoms with Crippen LogP contribution in [0.1, 0.15) is 29.7 Å². The molecule has 23 heavy (non-hydrogen) atoms. The lowest BCUT2D eigenvalue weighted by atomic mass is 9.93. The molecule has 1 unspecified atom stereocenters. The summed E-state index contributed by atoms with van der Waals surface area (Å²) in [5.41, 5.74) is 3.13. The highest BCUT2D eigenvalue weighted by Gasteiger charge is 2.25. The fourth-order valence-electron chi connectivity index (χ4n) is 3.01. The monoisotopic (exact) mass is 313 g/mol. The van der Waals surface area contributed by atoms with Gasteiger partial charge in [-0.15, -0.1) is 0 Å². The molecule has 0 radical (unpaired) electrons. The van der Waals surface area contributed by atoms with Gasteiger partial charge in [0.1, 0.15) is 5.82 Å². The van der Waals surface area contributed by atoms with Crippen LogP contribution < -0.4 is 5.32 Å². The van der Waals surface area contributed by atoms with Crippen molar-refractivity contribution in [3.8, 4) is 0 Å². The van der Waals surface area contributed by atoms with Crippen molar-refractivity contribution in [2.75, 3.05) is 13.1 Å². The number of aromatic nitrogens is 1. The first-order valence-electron chi connectivity index (χ1n) is 7.81. The third-order valence-electron chi connectivity index (χ3n) is 4.33. The Kier molecular flexibility index (Phi) is 4.67. The number of amides is 1. The number of benzene rings is 1. The second-order valence-corrected chi connectivity index (χ2v) is 5.88. The number of halogens is 1. The van der Waals surface area contributed by atoms with Gasteiger partial charge in [0.05, 0.1) is 6.54 Å². The number of fused-ring (bicyclic) bond motifs is 1. The van der Waals surface area contributed by atoms with Gasteiger partial charge in [0, 0.05) is 31.5 Å². The van der Waals surface area contributed by atoms with Crippen LogP contribution in [-0.4, -0.2) is 28.9 Å². The van der Waals surface area contributed by atoms with Gasteiger partial charge in [-0.1, -0.05) is 12.1 Å². The molecule has 3 rings (SSSR count). The summed E-state index contributed by atoms with van der Waals surface area (Å²) >= 11 is 0. The zero-order valence-electron chi connectivity index (χ0n) is 13.1. The minimum Gasteiger partial charge on any atom is -0.351 e. The molecule has 0 aliphatic carbocycles. The zero-order chi connectivity index (χ0) is 16.2. The molecule has 1 aromatic heterocycles. The van der Waals surface area contributed by atoms with E-state index in [1.54, 1.807) is 18.5 Å². The fraction of sp³-hybridized carbons (Fsp3) is 0.333. The number of hydrogen-bond donors (Lipinski definition) is 1. The molecule has 1 atom stereocenters. The molecule has 1 aromatic carbocycles. The van der Waals surface area contributed by atoms with Gasteiger partial charge < -0.3 is 5.32 Å². The topological polar surface area (TPSA) is 45.2 Å². The molecule has 2 aromatic rings. The lowest BCUT2D eigenvalue weighted by molar-refractivity contribution is -0.123. The molecule has 2 heterocycles. The highest BCUT2D eigenvalue weighted by molar-refractivity contribution is 5.78. The van der Waals surface area contributed by atoms with E-state index in [2.05, 4.69) is 22.1 Å². The molecule has 5 heteroatoms. The van der Waals surface area contributed by atoms with Crippen LogP contribution in [0.2, 0.25) is 0 Å². The van der Waals surface area contributed by atoms with Crippen LogP contribution in [0.3, 0.4) is 0 Å². The highest BCUT2D eigenvalue weighted by atomic mass is 19.1. The summed E-state index contributed by atoms with van der Waals surface area (Å²) in [6.45, 7) is 3.65. The van der Waals surface area contributed by atoms with Crippen LogP contribution in [0.15, 0.2) is 42.7 Å². The Labute approximate surface area is 135 Å². The lowest BCUT2D eigenvalue weighted by Crippen LogP contribution is -2.41. The van der Waals surface area contributed by atoms with Crippen molar-refractivity contribution in [3.05, 3.63) is 65.2 Å². The summed E-state index contributed by atoms with van der Waals surface area (Å²) in [7, 11) is 0. The minimum atomic E-state index is -0.196. The Hall–Kier alpha value is -2.27. The lowest BCUT2D eigenvalue weighted by Gasteiger charge is -2.34. The number of nitrogens with zero attached hydrogens (tertiary/aromatic N) is 2. The Morgan fingerprint density at radius 2 is 2.30 bits per heavy atom. The maximum absolute atomic E-state index is 13.3. The SMILES string of the molecule is CC1c2ccc(F)cc2CCN1CC(=O)NCc1cccnc1. The number of nitrogens with one attached hydrogen (secondary N) is 1. The Bertz CT molecular complexity index is 690. The molecule has 0 saturated carbocycles. The third-order valence-corrected chi connectivity index (χ3v) is 4.33. The van der Waals surface area contributed by atoms with Gasteiger partial charge in [0.25, 0.3) is 0 Å². The first-order chi connectivity index (χ1) is 11.1. The van der Waals surface area contributed by atoms with Gasteiger partial charge in [-0.25, -0.2) is 4.39 Å². The number of carbonyl (C=O) groups is 1. The van der Waals surface area contributed by atoms with Crippen LogP contribution in [0.25, 0.3) is 0 Å². The van der Waals surface area contributed by atoms with Gasteiger partial charge >= 0.3 is 0 Å². The average molecular weight is 313 g/mol. The summed E-state index contributed by atoms with van der Waals surface area (Å²) in [5.74, 6) is -0.204. The van der Waals surface area contributed by atoms with Gasteiger partial charge in [-0.2, -0.15) is 0 Å². The molecule has 1 amide bonds. The van der Waals surface area contributed by atoms with E-state index in [0.717, 1.165) is 29.7 Å². The van der Waals surface area contributed by atoms with E-state index in [1.165, 1.54) is 6.07 Å². The highest BCUT2D eigenvalue weighted by Crippen LogP contribution is 2.29. The fourth-order valence-corrected chi connectivity index (χ4v) is 3.01. The molecule has 120 valence electrons. The maximum Gasteiger partial charge on any atom is 0.234 e. The second kappa shape index (κ2) is 6.87. The Balaban J connectivity index is 1.58. The standard InChI is InChI=1S/C18H20FN3O/c1-13-17-5-4-16(19)9-15(17)6-8-22(13)12-18(23)21-11-14-3-2-7-20-10-14/h2-5,7,9-10,13H,6,8,11-12H2,1H3,(H,21,23). The molecule has 0 fully saturated rings. The average Bonchev–Trinajstić information content (AvgIpc) is 2.56. The molecular formula is C18H20FN3O.